The summed E-state index contributed by atoms with van der Waals surface area (Å²) < 4.78 is 10.3. The van der Waals surface area contributed by atoms with Crippen LogP contribution in [0.2, 0.25) is 0 Å². The molecule has 0 unspecified atom stereocenters. The molecule has 0 saturated carbocycles. The van der Waals surface area contributed by atoms with Crippen molar-refractivity contribution in [1.29, 1.82) is 0 Å². The van der Waals surface area contributed by atoms with Crippen LogP contribution in [-0.4, -0.2) is 9.55 Å². The predicted octanol–water partition coefficient (Wildman–Crippen LogP) is 8.61. The van der Waals surface area contributed by atoms with Crippen molar-refractivity contribution in [3.05, 3.63) is 108 Å². The van der Waals surface area contributed by atoms with E-state index in [0.29, 0.717) is 17.9 Å². The van der Waals surface area contributed by atoms with Crippen LogP contribution in [-0.2, 0) is 0 Å². The molecule has 0 amide bonds. The first-order valence-electron chi connectivity index (χ1n) is 12.2. The highest BCUT2D eigenvalue weighted by molar-refractivity contribution is 5.85. The first-order chi connectivity index (χ1) is 16.4. The SMILES string of the molecule is [2H]c1ccc(-c2nc3ccccc3n2-c2c(C(C)C)cc(-c3ccccc3)cc2C(C)C)cc1. The summed E-state index contributed by atoms with van der Waals surface area (Å²) in [5.74, 6) is 1.58. The van der Waals surface area contributed by atoms with Gasteiger partial charge in [-0.05, 0) is 58.4 Å². The molecule has 2 heteroatoms. The Hall–Kier alpha value is -3.65. The van der Waals surface area contributed by atoms with Gasteiger partial charge in [-0.15, -0.1) is 0 Å². The van der Waals surface area contributed by atoms with Crippen LogP contribution in [0.5, 0.6) is 0 Å². The van der Waals surface area contributed by atoms with Gasteiger partial charge in [-0.2, -0.15) is 0 Å². The standard InChI is InChI=1S/C31H30N2/c1-21(2)26-19-25(23-13-7-5-8-14-23)20-27(22(3)4)30(26)33-29-18-12-11-17-28(29)32-31(33)24-15-9-6-10-16-24/h5-22H,1-4H3/i6D. The maximum Gasteiger partial charge on any atom is 0.145 e. The van der Waals surface area contributed by atoms with Crippen LogP contribution in [0.25, 0.3) is 39.2 Å². The summed E-state index contributed by atoms with van der Waals surface area (Å²) in [6, 6.07) is 31.9. The Kier molecular flexibility index (Phi) is 5.28. The Balaban J connectivity index is 1.88. The van der Waals surface area contributed by atoms with E-state index in [9.17, 15) is 0 Å². The number of imidazole rings is 1. The van der Waals surface area contributed by atoms with Crippen molar-refractivity contribution in [3.8, 4) is 28.2 Å². The van der Waals surface area contributed by atoms with Crippen molar-refractivity contribution in [1.82, 2.24) is 9.55 Å². The monoisotopic (exact) mass is 431 g/mol. The first-order valence-corrected chi connectivity index (χ1v) is 11.7. The maximum atomic E-state index is 7.94. The van der Waals surface area contributed by atoms with Gasteiger partial charge in [-0.3, -0.25) is 4.57 Å². The van der Waals surface area contributed by atoms with Crippen molar-refractivity contribution < 1.29 is 1.37 Å². The zero-order valence-corrected chi connectivity index (χ0v) is 19.7. The van der Waals surface area contributed by atoms with Gasteiger partial charge in [0.15, 0.2) is 0 Å². The first kappa shape index (κ1) is 20.0. The number of nitrogens with zero attached hydrogens (tertiary/aromatic N) is 2. The van der Waals surface area contributed by atoms with E-state index in [4.69, 9.17) is 6.35 Å². The summed E-state index contributed by atoms with van der Waals surface area (Å²) in [6.07, 6.45) is 0. The molecule has 33 heavy (non-hydrogen) atoms. The van der Waals surface area contributed by atoms with Crippen LogP contribution in [0.15, 0.2) is 97.0 Å². The summed E-state index contributed by atoms with van der Waals surface area (Å²) in [4.78, 5) is 5.07. The minimum Gasteiger partial charge on any atom is -0.292 e. The summed E-state index contributed by atoms with van der Waals surface area (Å²) in [5, 5.41) is 0. The third kappa shape index (κ3) is 3.87. The van der Waals surface area contributed by atoms with Crippen LogP contribution in [0.1, 0.15) is 52.0 Å². The van der Waals surface area contributed by atoms with Gasteiger partial charge in [0.05, 0.1) is 18.1 Å². The minimum absolute atomic E-state index is 0.334. The molecule has 0 spiro atoms. The molecular formula is C31H30N2. The predicted molar refractivity (Wildman–Crippen MR) is 140 cm³/mol. The second-order valence-corrected chi connectivity index (χ2v) is 9.23. The molecule has 164 valence electrons. The fourth-order valence-corrected chi connectivity index (χ4v) is 4.60. The average Bonchev–Trinajstić information content (AvgIpc) is 3.23. The second-order valence-electron chi connectivity index (χ2n) is 9.23. The molecule has 0 aliphatic carbocycles. The van der Waals surface area contributed by atoms with E-state index in [0.717, 1.165) is 22.4 Å². The van der Waals surface area contributed by atoms with Gasteiger partial charge >= 0.3 is 0 Å². The number of fused-ring (bicyclic) bond motifs is 1. The lowest BCUT2D eigenvalue weighted by molar-refractivity contribution is 0.811. The van der Waals surface area contributed by atoms with Crippen molar-refractivity contribution in [2.24, 2.45) is 0 Å². The lowest BCUT2D eigenvalue weighted by Gasteiger charge is -2.24. The number of para-hydroxylation sites is 2. The Morgan fingerprint density at radius 2 is 1.24 bits per heavy atom. The molecule has 0 aliphatic rings. The van der Waals surface area contributed by atoms with Crippen LogP contribution < -0.4 is 0 Å². The molecule has 4 aromatic carbocycles. The van der Waals surface area contributed by atoms with Gasteiger partial charge < -0.3 is 0 Å². The topological polar surface area (TPSA) is 17.8 Å². The normalized spacial score (nSPS) is 12.0. The van der Waals surface area contributed by atoms with E-state index < -0.39 is 0 Å². The van der Waals surface area contributed by atoms with E-state index >= 15 is 0 Å². The lowest BCUT2D eigenvalue weighted by Crippen LogP contribution is -2.09. The fraction of sp³-hybridized carbons (Fsp3) is 0.194. The summed E-state index contributed by atoms with van der Waals surface area (Å²) >= 11 is 0. The minimum atomic E-state index is 0.334. The quantitative estimate of drug-likeness (QED) is 0.272. The summed E-state index contributed by atoms with van der Waals surface area (Å²) in [5.41, 5.74) is 9.43. The molecule has 0 N–H and O–H groups in total. The molecular weight excluding hydrogens is 400 g/mol. The van der Waals surface area contributed by atoms with Crippen molar-refractivity contribution in [2.45, 2.75) is 39.5 Å². The Labute approximate surface area is 198 Å². The smallest absolute Gasteiger partial charge is 0.145 e. The van der Waals surface area contributed by atoms with E-state index in [1.807, 2.05) is 30.3 Å². The maximum absolute atomic E-state index is 7.94. The van der Waals surface area contributed by atoms with Crippen LogP contribution in [0.4, 0.5) is 0 Å². The van der Waals surface area contributed by atoms with Gasteiger partial charge in [0.2, 0.25) is 0 Å². The second kappa shape index (κ2) is 8.71. The number of hydrogen-bond donors (Lipinski definition) is 0. The molecule has 0 atom stereocenters. The number of benzene rings is 4. The number of rotatable bonds is 5. The van der Waals surface area contributed by atoms with E-state index in [1.165, 1.54) is 27.9 Å². The van der Waals surface area contributed by atoms with Crippen LogP contribution >= 0.6 is 0 Å². The van der Waals surface area contributed by atoms with Crippen LogP contribution in [0.3, 0.4) is 0 Å². The highest BCUT2D eigenvalue weighted by Crippen LogP contribution is 2.39. The average molecular weight is 432 g/mol. The molecule has 0 aliphatic heterocycles. The largest absolute Gasteiger partial charge is 0.292 e. The molecule has 2 nitrogen and oxygen atoms in total. The molecule has 0 radical (unpaired) electrons. The molecule has 0 saturated heterocycles. The number of aromatic nitrogens is 2. The zero-order chi connectivity index (χ0) is 23.8. The highest BCUT2D eigenvalue weighted by Gasteiger charge is 2.23. The zero-order valence-electron chi connectivity index (χ0n) is 20.7. The fourth-order valence-electron chi connectivity index (χ4n) is 4.60. The van der Waals surface area contributed by atoms with Gasteiger partial charge in [-0.1, -0.05) is 100 Å². The number of hydrogen-bond acceptors (Lipinski definition) is 1. The van der Waals surface area contributed by atoms with E-state index in [-0.39, 0.29) is 0 Å². The molecule has 1 heterocycles. The molecule has 0 bridgehead atoms. The van der Waals surface area contributed by atoms with Gasteiger partial charge in [0.1, 0.15) is 5.82 Å². The van der Waals surface area contributed by atoms with Crippen LogP contribution in [0, 0.1) is 0 Å². The summed E-state index contributed by atoms with van der Waals surface area (Å²) in [6.45, 7) is 9.08. The summed E-state index contributed by atoms with van der Waals surface area (Å²) in [7, 11) is 0. The third-order valence-electron chi connectivity index (χ3n) is 6.28. The Bertz CT molecular complexity index is 1420. The molecule has 5 aromatic rings. The third-order valence-corrected chi connectivity index (χ3v) is 6.28. The van der Waals surface area contributed by atoms with Gasteiger partial charge in [0, 0.05) is 5.56 Å². The molecule has 0 fully saturated rings. The highest BCUT2D eigenvalue weighted by atomic mass is 15.1. The Morgan fingerprint density at radius 1 is 0.667 bits per heavy atom. The van der Waals surface area contributed by atoms with E-state index in [1.54, 1.807) is 0 Å². The van der Waals surface area contributed by atoms with Crippen molar-refractivity contribution >= 4 is 11.0 Å². The lowest BCUT2D eigenvalue weighted by atomic mass is 9.88. The van der Waals surface area contributed by atoms with Gasteiger partial charge in [0.25, 0.3) is 0 Å². The molecule has 1 aromatic heterocycles. The Morgan fingerprint density at radius 3 is 1.88 bits per heavy atom. The van der Waals surface area contributed by atoms with Gasteiger partial charge in [-0.25, -0.2) is 4.98 Å². The van der Waals surface area contributed by atoms with Crippen molar-refractivity contribution in [2.75, 3.05) is 0 Å². The van der Waals surface area contributed by atoms with E-state index in [2.05, 4.69) is 92.9 Å². The van der Waals surface area contributed by atoms with Crippen molar-refractivity contribution in [3.63, 3.8) is 0 Å². The molecule has 5 rings (SSSR count).